The van der Waals surface area contributed by atoms with Crippen LogP contribution in [0.2, 0.25) is 0 Å². The molecule has 6 nitrogen and oxygen atoms in total. The van der Waals surface area contributed by atoms with Crippen LogP contribution in [0.25, 0.3) is 16.4 Å². The van der Waals surface area contributed by atoms with Crippen LogP contribution in [0, 0.1) is 5.92 Å². The molecule has 3 saturated carbocycles. The molecule has 2 heterocycles. The van der Waals surface area contributed by atoms with Crippen molar-refractivity contribution in [2.45, 2.75) is 74.6 Å². The van der Waals surface area contributed by atoms with Crippen LogP contribution in [0.5, 0.6) is 0 Å². The third-order valence-electron chi connectivity index (χ3n) is 6.99. The Morgan fingerprint density at radius 2 is 1.90 bits per heavy atom. The van der Waals surface area contributed by atoms with Crippen molar-refractivity contribution in [2.75, 3.05) is 18.0 Å². The average molecular weight is 608 g/mol. The molecule has 4 fully saturated rings. The normalized spacial score (nSPS) is 32.2. The zero-order valence-electron chi connectivity index (χ0n) is 18.4. The van der Waals surface area contributed by atoms with Crippen LogP contribution < -0.4 is 14.9 Å². The Bertz CT molecular complexity index is 978. The molecular weight excluding hydrogens is 578 g/mol. The van der Waals surface area contributed by atoms with Crippen molar-refractivity contribution >= 4 is 34.4 Å². The molecule has 0 radical (unpaired) electrons. The van der Waals surface area contributed by atoms with E-state index in [1.807, 2.05) is 6.07 Å². The standard InChI is InChI=1S/C23H30N5OS.W/c1-14-12-28(13-15(2)24-14)20-9-17(30-27-22(3)6-7-22)8-19-18(20)4-5-21(25-19)26-29-23-10-16(23)11-23;/h4-5,8-9,14-16,24,27H,6-7,10-13H2,1-3H3;/q-1;/t14-,15?,16?,23?;/m0./s1. The van der Waals surface area contributed by atoms with Gasteiger partial charge in [-0.1, -0.05) is 12.1 Å². The number of piperazine rings is 1. The average Bonchev–Trinajstić information content (AvgIpc) is 3.61. The molecule has 31 heavy (non-hydrogen) atoms. The number of anilines is 1. The van der Waals surface area contributed by atoms with Gasteiger partial charge in [0, 0.05) is 67.7 Å². The van der Waals surface area contributed by atoms with Crippen LogP contribution >= 0.6 is 11.9 Å². The Labute approximate surface area is 203 Å². The first-order valence-electron chi connectivity index (χ1n) is 11.2. The van der Waals surface area contributed by atoms with Gasteiger partial charge in [-0.05, 0) is 87.8 Å². The van der Waals surface area contributed by atoms with Crippen LogP contribution in [0.4, 0.5) is 11.5 Å². The van der Waals surface area contributed by atoms with Gasteiger partial charge in [0.05, 0.1) is 5.60 Å². The van der Waals surface area contributed by atoms with Gasteiger partial charge in [-0.3, -0.25) is 4.72 Å². The molecule has 0 bridgehead atoms. The topological polar surface area (TPSA) is 63.5 Å². The quantitative estimate of drug-likeness (QED) is 0.352. The van der Waals surface area contributed by atoms with Crippen molar-refractivity contribution in [2.24, 2.45) is 5.92 Å². The third-order valence-corrected chi connectivity index (χ3v) is 8.05. The van der Waals surface area contributed by atoms with Gasteiger partial charge in [-0.25, -0.2) is 0 Å². The third kappa shape index (κ3) is 4.49. The molecule has 1 aromatic carbocycles. The first kappa shape index (κ1) is 22.0. The predicted octanol–water partition coefficient (Wildman–Crippen LogP) is 4.67. The maximum atomic E-state index is 5.78. The van der Waals surface area contributed by atoms with E-state index in [4.69, 9.17) is 9.82 Å². The summed E-state index contributed by atoms with van der Waals surface area (Å²) in [6.45, 7) is 8.80. The van der Waals surface area contributed by atoms with Crippen molar-refractivity contribution in [1.82, 2.24) is 15.0 Å². The predicted molar refractivity (Wildman–Crippen MR) is 122 cm³/mol. The van der Waals surface area contributed by atoms with E-state index in [0.717, 1.165) is 24.5 Å². The van der Waals surface area contributed by atoms with Crippen LogP contribution in [-0.2, 0) is 25.9 Å². The number of aromatic nitrogens is 1. The second-order valence-corrected chi connectivity index (χ2v) is 11.0. The molecule has 1 aromatic heterocycles. The fourth-order valence-corrected chi connectivity index (χ4v) is 5.40. The van der Waals surface area contributed by atoms with E-state index >= 15 is 0 Å². The van der Waals surface area contributed by atoms with Gasteiger partial charge in [0.25, 0.3) is 0 Å². The van der Waals surface area contributed by atoms with E-state index in [2.05, 4.69) is 59.4 Å². The number of fused-ring (bicyclic) bond motifs is 2. The summed E-state index contributed by atoms with van der Waals surface area (Å²) < 4.78 is 3.65. The zero-order valence-corrected chi connectivity index (χ0v) is 22.1. The van der Waals surface area contributed by atoms with Gasteiger partial charge in [-0.2, -0.15) is 0 Å². The Hall–Kier alpha value is -0.852. The number of nitrogens with zero attached hydrogens (tertiary/aromatic N) is 3. The first-order valence-corrected chi connectivity index (χ1v) is 12.0. The largest absolute Gasteiger partial charge is 0.434 e. The second kappa shape index (κ2) is 7.88. The van der Waals surface area contributed by atoms with Crippen molar-refractivity contribution < 1.29 is 25.9 Å². The molecule has 1 aliphatic heterocycles. The van der Waals surface area contributed by atoms with E-state index in [1.165, 1.54) is 41.7 Å². The van der Waals surface area contributed by atoms with Crippen LogP contribution in [0.1, 0.15) is 46.5 Å². The number of benzene rings is 1. The molecule has 6 rings (SSSR count). The van der Waals surface area contributed by atoms with Gasteiger partial charge < -0.3 is 25.5 Å². The van der Waals surface area contributed by atoms with Crippen molar-refractivity contribution in [3.05, 3.63) is 29.7 Å². The Kier molecular flexibility index (Phi) is 5.58. The maximum absolute atomic E-state index is 5.78. The minimum atomic E-state index is 0. The summed E-state index contributed by atoms with van der Waals surface area (Å²) in [5.41, 5.74) is 6.98. The van der Waals surface area contributed by atoms with Gasteiger partial charge in [0.15, 0.2) is 0 Å². The van der Waals surface area contributed by atoms with Crippen LogP contribution in [0.15, 0.2) is 29.2 Å². The molecule has 2 aromatic rings. The van der Waals surface area contributed by atoms with Gasteiger partial charge in [-0.15, -0.1) is 0 Å². The Balaban J connectivity index is 0.00000204. The van der Waals surface area contributed by atoms with Gasteiger partial charge in [0.2, 0.25) is 0 Å². The number of hydrogen-bond acceptors (Lipinski definition) is 6. The summed E-state index contributed by atoms with van der Waals surface area (Å²) in [4.78, 5) is 14.4. The van der Waals surface area contributed by atoms with E-state index in [1.54, 1.807) is 11.9 Å². The van der Waals surface area contributed by atoms with Crippen LogP contribution in [-0.4, -0.2) is 41.3 Å². The summed E-state index contributed by atoms with van der Waals surface area (Å²) >= 11 is 1.73. The molecule has 166 valence electrons. The van der Waals surface area contributed by atoms with E-state index in [0.29, 0.717) is 17.9 Å². The van der Waals surface area contributed by atoms with Crippen molar-refractivity contribution in [3.8, 4) is 0 Å². The molecule has 4 aliphatic rings. The molecule has 2 atom stereocenters. The molecule has 1 unspecified atom stereocenters. The first-order chi connectivity index (χ1) is 14.4. The number of hydrogen-bond donors (Lipinski definition) is 2. The fourth-order valence-electron chi connectivity index (χ4n) is 4.49. The Morgan fingerprint density at radius 1 is 1.19 bits per heavy atom. The van der Waals surface area contributed by atoms with Crippen LogP contribution in [0.3, 0.4) is 0 Å². The molecule has 0 spiro atoms. The smallest absolute Gasteiger partial charge is 0.0780 e. The summed E-state index contributed by atoms with van der Waals surface area (Å²) in [7, 11) is 0. The van der Waals surface area contributed by atoms with E-state index < -0.39 is 0 Å². The summed E-state index contributed by atoms with van der Waals surface area (Å²) in [6, 6.07) is 9.59. The van der Waals surface area contributed by atoms with Gasteiger partial charge >= 0.3 is 0 Å². The van der Waals surface area contributed by atoms with E-state index in [-0.39, 0.29) is 32.2 Å². The summed E-state index contributed by atoms with van der Waals surface area (Å²) in [5.74, 6) is 1.43. The second-order valence-electron chi connectivity index (χ2n) is 10.2. The minimum Gasteiger partial charge on any atom is -0.434 e. The molecule has 1 saturated heterocycles. The van der Waals surface area contributed by atoms with Crippen molar-refractivity contribution in [1.29, 1.82) is 0 Å². The SMILES string of the molecule is CC1CN(c2cc(SNC3(C)CC3)cc3nc([N-]OC45CC4C5)ccc23)C[C@H](C)N1.[W]. The molecule has 8 heteroatoms. The minimum absolute atomic E-state index is 0. The van der Waals surface area contributed by atoms with Crippen molar-refractivity contribution in [3.63, 3.8) is 0 Å². The number of nitrogens with one attached hydrogen (secondary N) is 2. The number of pyridine rings is 1. The number of rotatable bonds is 7. The molecular formula is C23H30N5OSW-. The summed E-state index contributed by atoms with van der Waals surface area (Å²) in [5, 5.41) is 4.82. The fraction of sp³-hybridized carbons (Fsp3) is 0.609. The molecule has 3 aliphatic carbocycles. The van der Waals surface area contributed by atoms with E-state index in [9.17, 15) is 0 Å². The zero-order chi connectivity index (χ0) is 20.5. The monoisotopic (exact) mass is 608 g/mol. The Morgan fingerprint density at radius 3 is 2.55 bits per heavy atom. The maximum Gasteiger partial charge on any atom is 0.0780 e. The van der Waals surface area contributed by atoms with Gasteiger partial charge in [0.1, 0.15) is 0 Å². The molecule has 0 amide bonds. The summed E-state index contributed by atoms with van der Waals surface area (Å²) in [6.07, 6.45) is 4.82. The molecule has 2 N–H and O–H groups in total.